The lowest BCUT2D eigenvalue weighted by Gasteiger charge is -2.05. The lowest BCUT2D eigenvalue weighted by atomic mass is 10.7. The van der Waals surface area contributed by atoms with Crippen LogP contribution in [0.25, 0.3) is 0 Å². The van der Waals surface area contributed by atoms with Gasteiger partial charge in [-0.05, 0) is 6.92 Å². The van der Waals surface area contributed by atoms with Gasteiger partial charge in [-0.15, -0.1) is 0 Å². The van der Waals surface area contributed by atoms with E-state index in [4.69, 9.17) is 9.84 Å². The van der Waals surface area contributed by atoms with Crippen molar-refractivity contribution in [3.8, 4) is 0 Å². The SMILES string of the molecule is CCOC(=O)NOCCOCCO. The molecule has 0 saturated heterocycles. The minimum atomic E-state index is -0.621. The predicted molar refractivity (Wildman–Crippen MR) is 44.0 cm³/mol. The van der Waals surface area contributed by atoms with Gasteiger partial charge in [0.1, 0.15) is 0 Å². The van der Waals surface area contributed by atoms with Gasteiger partial charge in [0.05, 0.1) is 33.0 Å². The van der Waals surface area contributed by atoms with Gasteiger partial charge in [-0.1, -0.05) is 0 Å². The molecule has 0 unspecified atom stereocenters. The minimum Gasteiger partial charge on any atom is -0.448 e. The van der Waals surface area contributed by atoms with Gasteiger partial charge in [0.25, 0.3) is 0 Å². The smallest absolute Gasteiger partial charge is 0.431 e. The molecule has 6 heteroatoms. The van der Waals surface area contributed by atoms with Gasteiger partial charge in [-0.3, -0.25) is 4.84 Å². The van der Waals surface area contributed by atoms with Gasteiger partial charge in [0.2, 0.25) is 0 Å². The fourth-order valence-electron chi connectivity index (χ4n) is 0.538. The second-order valence-corrected chi connectivity index (χ2v) is 2.01. The second kappa shape index (κ2) is 9.24. The third kappa shape index (κ3) is 9.06. The molecular weight excluding hydrogens is 178 g/mol. The Bertz CT molecular complexity index is 130. The fraction of sp³-hybridized carbons (Fsp3) is 0.857. The lowest BCUT2D eigenvalue weighted by molar-refractivity contribution is -0.0108. The van der Waals surface area contributed by atoms with E-state index in [0.29, 0.717) is 13.2 Å². The molecule has 0 radical (unpaired) electrons. The van der Waals surface area contributed by atoms with Crippen molar-refractivity contribution in [1.29, 1.82) is 0 Å². The van der Waals surface area contributed by atoms with Gasteiger partial charge in [-0.2, -0.15) is 5.48 Å². The average Bonchev–Trinajstić information content (AvgIpc) is 2.11. The summed E-state index contributed by atoms with van der Waals surface area (Å²) in [5.41, 5.74) is 2.06. The summed E-state index contributed by atoms with van der Waals surface area (Å²) in [4.78, 5) is 15.3. The molecule has 0 aromatic carbocycles. The van der Waals surface area contributed by atoms with Crippen molar-refractivity contribution >= 4 is 6.09 Å². The van der Waals surface area contributed by atoms with Crippen molar-refractivity contribution < 1.29 is 24.2 Å². The number of aliphatic hydroxyl groups is 1. The van der Waals surface area contributed by atoms with Crippen molar-refractivity contribution in [2.45, 2.75) is 6.92 Å². The van der Waals surface area contributed by atoms with Crippen LogP contribution in [-0.4, -0.2) is 44.2 Å². The van der Waals surface area contributed by atoms with Crippen LogP contribution in [0.5, 0.6) is 0 Å². The Hall–Kier alpha value is -0.850. The van der Waals surface area contributed by atoms with Crippen molar-refractivity contribution in [2.24, 2.45) is 0 Å². The van der Waals surface area contributed by atoms with Crippen LogP contribution in [0.1, 0.15) is 6.92 Å². The highest BCUT2D eigenvalue weighted by Crippen LogP contribution is 1.78. The summed E-state index contributed by atoms with van der Waals surface area (Å²) < 4.78 is 9.37. The van der Waals surface area contributed by atoms with E-state index < -0.39 is 6.09 Å². The molecule has 0 atom stereocenters. The van der Waals surface area contributed by atoms with Crippen LogP contribution < -0.4 is 5.48 Å². The minimum absolute atomic E-state index is 0.0225. The van der Waals surface area contributed by atoms with Crippen LogP contribution in [0.3, 0.4) is 0 Å². The normalized spacial score (nSPS) is 9.69. The number of hydrogen-bond acceptors (Lipinski definition) is 5. The number of aliphatic hydroxyl groups excluding tert-OH is 1. The molecule has 0 aliphatic rings. The number of carbonyl (C=O) groups excluding carboxylic acids is 1. The molecule has 0 rings (SSSR count). The molecule has 13 heavy (non-hydrogen) atoms. The van der Waals surface area contributed by atoms with Crippen molar-refractivity contribution in [3.05, 3.63) is 0 Å². The standard InChI is InChI=1S/C7H15NO5/c1-2-12-7(10)8-13-6-5-11-4-3-9/h9H,2-6H2,1H3,(H,8,10). The van der Waals surface area contributed by atoms with E-state index in [1.165, 1.54) is 0 Å². The summed E-state index contributed by atoms with van der Waals surface area (Å²) in [7, 11) is 0. The number of hydrogen-bond donors (Lipinski definition) is 2. The van der Waals surface area contributed by atoms with Crippen LogP contribution in [0, 0.1) is 0 Å². The molecule has 6 nitrogen and oxygen atoms in total. The number of nitrogens with one attached hydrogen (secondary N) is 1. The zero-order chi connectivity index (χ0) is 9.94. The Morgan fingerprint density at radius 3 is 2.77 bits per heavy atom. The molecule has 0 aromatic heterocycles. The maximum Gasteiger partial charge on any atom is 0.431 e. The highest BCUT2D eigenvalue weighted by Gasteiger charge is 1.97. The summed E-state index contributed by atoms with van der Waals surface area (Å²) in [6.45, 7) is 2.78. The summed E-state index contributed by atoms with van der Waals surface area (Å²) >= 11 is 0. The second-order valence-electron chi connectivity index (χ2n) is 2.01. The first kappa shape index (κ1) is 12.2. The summed E-state index contributed by atoms with van der Waals surface area (Å²) in [6, 6.07) is 0. The van der Waals surface area contributed by atoms with E-state index in [9.17, 15) is 4.79 Å². The van der Waals surface area contributed by atoms with Crippen LogP contribution in [0.2, 0.25) is 0 Å². The molecule has 78 valence electrons. The van der Waals surface area contributed by atoms with Crippen molar-refractivity contribution in [2.75, 3.05) is 33.0 Å². The molecular formula is C7H15NO5. The Morgan fingerprint density at radius 2 is 2.15 bits per heavy atom. The van der Waals surface area contributed by atoms with Crippen molar-refractivity contribution in [1.82, 2.24) is 5.48 Å². The predicted octanol–water partition coefficient (Wildman–Crippen LogP) is -0.327. The molecule has 0 bridgehead atoms. The number of ether oxygens (including phenoxy) is 2. The zero-order valence-electron chi connectivity index (χ0n) is 7.62. The maximum absolute atomic E-state index is 10.6. The topological polar surface area (TPSA) is 77.0 Å². The Labute approximate surface area is 76.7 Å². The average molecular weight is 193 g/mol. The van der Waals surface area contributed by atoms with Gasteiger partial charge < -0.3 is 14.6 Å². The summed E-state index contributed by atoms with van der Waals surface area (Å²) in [5.74, 6) is 0. The van der Waals surface area contributed by atoms with Crippen LogP contribution in [0.4, 0.5) is 4.79 Å². The van der Waals surface area contributed by atoms with Gasteiger partial charge >= 0.3 is 6.09 Å². The molecule has 2 N–H and O–H groups in total. The van der Waals surface area contributed by atoms with E-state index in [-0.39, 0.29) is 19.8 Å². The quantitative estimate of drug-likeness (QED) is 0.428. The Kier molecular flexibility index (Phi) is 8.64. The molecule has 0 spiro atoms. The first-order chi connectivity index (χ1) is 6.31. The highest BCUT2D eigenvalue weighted by molar-refractivity contribution is 5.65. The van der Waals surface area contributed by atoms with E-state index >= 15 is 0 Å². The molecule has 0 aliphatic heterocycles. The summed E-state index contributed by atoms with van der Waals surface area (Å²) in [6.07, 6.45) is -0.621. The number of rotatable bonds is 7. The van der Waals surface area contributed by atoms with E-state index in [1.807, 2.05) is 0 Å². The van der Waals surface area contributed by atoms with E-state index in [1.54, 1.807) is 6.92 Å². The zero-order valence-corrected chi connectivity index (χ0v) is 7.62. The van der Waals surface area contributed by atoms with Crippen molar-refractivity contribution in [3.63, 3.8) is 0 Å². The first-order valence-electron chi connectivity index (χ1n) is 4.04. The van der Waals surface area contributed by atoms with Gasteiger partial charge in [-0.25, -0.2) is 4.79 Å². The van der Waals surface area contributed by atoms with Gasteiger partial charge in [0, 0.05) is 0 Å². The molecule has 1 amide bonds. The molecule has 0 aliphatic carbocycles. The summed E-state index contributed by atoms with van der Waals surface area (Å²) in [5, 5.41) is 8.33. The Morgan fingerprint density at radius 1 is 1.38 bits per heavy atom. The number of hydroxylamine groups is 1. The lowest BCUT2D eigenvalue weighted by Crippen LogP contribution is -2.26. The van der Waals surface area contributed by atoms with E-state index in [0.717, 1.165) is 0 Å². The Balaban J connectivity index is 3.02. The fourth-order valence-corrected chi connectivity index (χ4v) is 0.538. The third-order valence-corrected chi connectivity index (χ3v) is 0.996. The molecule has 0 fully saturated rings. The van der Waals surface area contributed by atoms with Crippen LogP contribution in [0.15, 0.2) is 0 Å². The largest absolute Gasteiger partial charge is 0.448 e. The highest BCUT2D eigenvalue weighted by atomic mass is 16.7. The molecule has 0 aromatic rings. The number of carbonyl (C=O) groups is 1. The molecule has 0 heterocycles. The van der Waals surface area contributed by atoms with Gasteiger partial charge in [0.15, 0.2) is 0 Å². The molecule has 0 saturated carbocycles. The van der Waals surface area contributed by atoms with Crippen LogP contribution >= 0.6 is 0 Å². The third-order valence-electron chi connectivity index (χ3n) is 0.996. The van der Waals surface area contributed by atoms with Crippen LogP contribution in [-0.2, 0) is 14.3 Å². The number of amides is 1. The first-order valence-corrected chi connectivity index (χ1v) is 4.04. The van der Waals surface area contributed by atoms with E-state index in [2.05, 4.69) is 15.1 Å². The monoisotopic (exact) mass is 193 g/mol. The maximum atomic E-state index is 10.6.